The van der Waals surface area contributed by atoms with Gasteiger partial charge in [-0.1, -0.05) is 26.3 Å². The van der Waals surface area contributed by atoms with E-state index in [2.05, 4.69) is 5.32 Å². The fourth-order valence-electron chi connectivity index (χ4n) is 2.88. The zero-order valence-electron chi connectivity index (χ0n) is 15.9. The fraction of sp³-hybridized carbons (Fsp3) is 0.647. The molecule has 0 unspecified atom stereocenters. The Morgan fingerprint density at radius 3 is 2.48 bits per heavy atom. The molecule has 1 aliphatic heterocycles. The molecule has 0 radical (unpaired) electrons. The molecule has 1 amide bonds. The molecular weight excluding hydrogens is 390 g/mol. The van der Waals surface area contributed by atoms with Gasteiger partial charge in [-0.25, -0.2) is 13.2 Å². The highest BCUT2D eigenvalue weighted by Gasteiger charge is 2.31. The number of hydrogen-bond acceptors (Lipinski definition) is 7. The molecule has 27 heavy (non-hydrogen) atoms. The van der Waals surface area contributed by atoms with E-state index >= 15 is 0 Å². The number of esters is 1. The van der Waals surface area contributed by atoms with Crippen molar-refractivity contribution < 1.29 is 22.7 Å². The van der Waals surface area contributed by atoms with Gasteiger partial charge in [-0.05, 0) is 17.4 Å². The SMILES string of the molecule is CC[C@H](C)[C@H](NC(=O)CN1CCN(S(=O)(=O)c2cccs2)CC1)C(=O)OC. The average Bonchev–Trinajstić information content (AvgIpc) is 3.21. The van der Waals surface area contributed by atoms with Crippen molar-refractivity contribution in [3.05, 3.63) is 17.5 Å². The Morgan fingerprint density at radius 1 is 1.30 bits per heavy atom. The van der Waals surface area contributed by atoms with Gasteiger partial charge in [0.15, 0.2) is 0 Å². The molecule has 0 aliphatic carbocycles. The molecule has 0 aromatic carbocycles. The first-order chi connectivity index (χ1) is 12.8. The van der Waals surface area contributed by atoms with Crippen molar-refractivity contribution in [3.8, 4) is 0 Å². The van der Waals surface area contributed by atoms with Crippen molar-refractivity contribution in [1.82, 2.24) is 14.5 Å². The van der Waals surface area contributed by atoms with Gasteiger partial charge in [-0.2, -0.15) is 4.31 Å². The third-order valence-electron chi connectivity index (χ3n) is 4.77. The number of nitrogens with zero attached hydrogens (tertiary/aromatic N) is 2. The van der Waals surface area contributed by atoms with Gasteiger partial charge in [0.2, 0.25) is 5.91 Å². The van der Waals surface area contributed by atoms with Gasteiger partial charge in [0.1, 0.15) is 10.3 Å². The van der Waals surface area contributed by atoms with Gasteiger partial charge in [-0.15, -0.1) is 11.3 Å². The number of sulfonamides is 1. The maximum atomic E-state index is 12.5. The van der Waals surface area contributed by atoms with Crippen LogP contribution in [0.5, 0.6) is 0 Å². The summed E-state index contributed by atoms with van der Waals surface area (Å²) < 4.78 is 31.6. The Hall–Kier alpha value is -1.49. The van der Waals surface area contributed by atoms with E-state index in [0.29, 0.717) is 30.4 Å². The van der Waals surface area contributed by atoms with Crippen LogP contribution in [0.2, 0.25) is 0 Å². The van der Waals surface area contributed by atoms with E-state index < -0.39 is 22.0 Å². The first kappa shape index (κ1) is 21.8. The minimum absolute atomic E-state index is 0.0332. The third kappa shape index (κ3) is 5.50. The lowest BCUT2D eigenvalue weighted by Crippen LogP contribution is -2.53. The van der Waals surface area contributed by atoms with E-state index in [0.717, 1.165) is 6.42 Å². The molecule has 1 fully saturated rings. The maximum Gasteiger partial charge on any atom is 0.328 e. The number of hydrogen-bond donors (Lipinski definition) is 1. The molecule has 0 saturated carbocycles. The molecule has 1 N–H and O–H groups in total. The molecule has 10 heteroatoms. The number of ether oxygens (including phenoxy) is 1. The summed E-state index contributed by atoms with van der Waals surface area (Å²) in [6.07, 6.45) is 0.735. The van der Waals surface area contributed by atoms with Crippen LogP contribution in [0.3, 0.4) is 0 Å². The lowest BCUT2D eigenvalue weighted by atomic mass is 9.99. The van der Waals surface area contributed by atoms with Crippen molar-refractivity contribution in [2.45, 2.75) is 30.5 Å². The van der Waals surface area contributed by atoms with Crippen LogP contribution in [0.1, 0.15) is 20.3 Å². The summed E-state index contributed by atoms with van der Waals surface area (Å²) in [6, 6.07) is 2.64. The van der Waals surface area contributed by atoms with Crippen LogP contribution in [-0.4, -0.2) is 75.4 Å². The maximum absolute atomic E-state index is 12.5. The largest absolute Gasteiger partial charge is 0.467 e. The Balaban J connectivity index is 1.87. The van der Waals surface area contributed by atoms with E-state index in [9.17, 15) is 18.0 Å². The molecule has 152 valence electrons. The van der Waals surface area contributed by atoms with E-state index in [4.69, 9.17) is 4.74 Å². The number of nitrogens with one attached hydrogen (secondary N) is 1. The number of methoxy groups -OCH3 is 1. The molecule has 8 nitrogen and oxygen atoms in total. The van der Waals surface area contributed by atoms with Crippen LogP contribution in [0.15, 0.2) is 21.7 Å². The molecular formula is C17H27N3O5S2. The highest BCUT2D eigenvalue weighted by atomic mass is 32.2. The standard InChI is InChI=1S/C17H27N3O5S2/c1-4-13(2)16(17(22)25-3)18-14(21)12-19-7-9-20(10-8-19)27(23,24)15-6-5-11-26-15/h5-6,11,13,16H,4,7-10,12H2,1-3H3,(H,18,21)/t13-,16-/m0/s1. The van der Waals surface area contributed by atoms with Crippen molar-refractivity contribution in [3.63, 3.8) is 0 Å². The zero-order chi connectivity index (χ0) is 20.0. The predicted molar refractivity (Wildman–Crippen MR) is 103 cm³/mol. The summed E-state index contributed by atoms with van der Waals surface area (Å²) in [5, 5.41) is 4.48. The molecule has 2 heterocycles. The first-order valence-electron chi connectivity index (χ1n) is 8.92. The van der Waals surface area contributed by atoms with Gasteiger partial charge in [0.25, 0.3) is 10.0 Å². The Labute approximate surface area is 164 Å². The van der Waals surface area contributed by atoms with Gasteiger partial charge in [-0.3, -0.25) is 9.69 Å². The lowest BCUT2D eigenvalue weighted by Gasteiger charge is -2.33. The first-order valence-corrected chi connectivity index (χ1v) is 11.2. The summed E-state index contributed by atoms with van der Waals surface area (Å²) in [5.74, 6) is -0.751. The molecule has 1 aliphatic rings. The molecule has 2 rings (SSSR count). The fourth-order valence-corrected chi connectivity index (χ4v) is 5.45. The van der Waals surface area contributed by atoms with Crippen LogP contribution < -0.4 is 5.32 Å². The summed E-state index contributed by atoms with van der Waals surface area (Å²) in [4.78, 5) is 26.1. The Morgan fingerprint density at radius 2 is 1.96 bits per heavy atom. The second kappa shape index (κ2) is 9.63. The van der Waals surface area contributed by atoms with Crippen molar-refractivity contribution >= 4 is 33.2 Å². The minimum Gasteiger partial charge on any atom is -0.467 e. The quantitative estimate of drug-likeness (QED) is 0.628. The number of thiophene rings is 1. The van der Waals surface area contributed by atoms with Gasteiger partial charge in [0, 0.05) is 26.2 Å². The number of rotatable bonds is 8. The van der Waals surface area contributed by atoms with Crippen molar-refractivity contribution in [2.75, 3.05) is 39.8 Å². The molecule has 1 saturated heterocycles. The number of amides is 1. The summed E-state index contributed by atoms with van der Waals surface area (Å²) in [5.41, 5.74) is 0. The molecule has 1 aromatic heterocycles. The highest BCUT2D eigenvalue weighted by Crippen LogP contribution is 2.22. The van der Waals surface area contributed by atoms with E-state index in [1.54, 1.807) is 17.5 Å². The molecule has 1 aromatic rings. The number of piperazine rings is 1. The summed E-state index contributed by atoms with van der Waals surface area (Å²) in [6.45, 7) is 5.54. The topological polar surface area (TPSA) is 96.0 Å². The smallest absolute Gasteiger partial charge is 0.328 e. The minimum atomic E-state index is -3.46. The predicted octanol–water partition coefficient (Wildman–Crippen LogP) is 0.758. The second-order valence-electron chi connectivity index (χ2n) is 6.57. The van der Waals surface area contributed by atoms with Crippen LogP contribution in [0.25, 0.3) is 0 Å². The van der Waals surface area contributed by atoms with E-state index in [-0.39, 0.29) is 18.4 Å². The van der Waals surface area contributed by atoms with Gasteiger partial charge in [0.05, 0.1) is 13.7 Å². The molecule has 0 bridgehead atoms. The highest BCUT2D eigenvalue weighted by molar-refractivity contribution is 7.91. The Kier molecular flexibility index (Phi) is 7.78. The number of carbonyl (C=O) groups is 2. The molecule has 2 atom stereocenters. The lowest BCUT2D eigenvalue weighted by molar-refractivity contribution is -0.146. The van der Waals surface area contributed by atoms with Crippen LogP contribution >= 0.6 is 11.3 Å². The van der Waals surface area contributed by atoms with Crippen molar-refractivity contribution in [1.29, 1.82) is 0 Å². The average molecular weight is 418 g/mol. The summed E-state index contributed by atoms with van der Waals surface area (Å²) in [7, 11) is -2.15. The zero-order valence-corrected chi connectivity index (χ0v) is 17.5. The van der Waals surface area contributed by atoms with E-state index in [1.807, 2.05) is 18.7 Å². The Bertz CT molecular complexity index is 728. The van der Waals surface area contributed by atoms with Crippen LogP contribution in [0.4, 0.5) is 0 Å². The third-order valence-corrected chi connectivity index (χ3v) is 8.04. The van der Waals surface area contributed by atoms with Crippen molar-refractivity contribution in [2.24, 2.45) is 5.92 Å². The van der Waals surface area contributed by atoms with Gasteiger partial charge < -0.3 is 10.1 Å². The second-order valence-corrected chi connectivity index (χ2v) is 9.68. The van der Waals surface area contributed by atoms with Gasteiger partial charge >= 0.3 is 5.97 Å². The molecule has 0 spiro atoms. The summed E-state index contributed by atoms with van der Waals surface area (Å²) >= 11 is 1.20. The van der Waals surface area contributed by atoms with Crippen LogP contribution in [-0.2, 0) is 24.3 Å². The van der Waals surface area contributed by atoms with Crippen LogP contribution in [0, 0.1) is 5.92 Å². The monoisotopic (exact) mass is 417 g/mol. The normalized spacial score (nSPS) is 18.6. The number of carbonyl (C=O) groups excluding carboxylic acids is 2. The van der Waals surface area contributed by atoms with E-state index in [1.165, 1.54) is 22.8 Å².